The molecule has 0 bridgehead atoms. The lowest BCUT2D eigenvalue weighted by Crippen LogP contribution is -2.11. The van der Waals surface area contributed by atoms with Crippen LogP contribution in [0.1, 0.15) is 31.2 Å². The number of aromatic amines is 2. The molecule has 4 rings (SSSR count). The number of hydrogen-bond donors (Lipinski definition) is 4. The van der Waals surface area contributed by atoms with Crippen molar-refractivity contribution >= 4 is 22.8 Å². The summed E-state index contributed by atoms with van der Waals surface area (Å²) >= 11 is 0. The normalized spacial score (nSPS) is 11.0. The van der Waals surface area contributed by atoms with E-state index < -0.39 is 0 Å². The maximum atomic E-state index is 12.4. The highest BCUT2D eigenvalue weighted by molar-refractivity contribution is 5.71. The number of fused-ring (bicyclic) bond motifs is 1. The number of phenols is 1. The summed E-state index contributed by atoms with van der Waals surface area (Å²) in [5.74, 6) is 1.95. The van der Waals surface area contributed by atoms with Crippen LogP contribution >= 0.6 is 0 Å². The topological polar surface area (TPSA) is 116 Å². The Morgan fingerprint density at radius 2 is 1.80 bits per heavy atom. The maximum Gasteiger partial charge on any atom is 0.278 e. The molecular formula is C22H23N5O3. The first-order valence-electron chi connectivity index (χ1n) is 9.87. The monoisotopic (exact) mass is 405 g/mol. The van der Waals surface area contributed by atoms with E-state index in [1.165, 1.54) is 0 Å². The van der Waals surface area contributed by atoms with Crippen LogP contribution in [0.4, 0.5) is 11.6 Å². The zero-order chi connectivity index (χ0) is 20.9. The molecule has 0 aliphatic heterocycles. The molecule has 0 saturated carbocycles. The minimum atomic E-state index is -0.300. The molecule has 0 radical (unpaired) electrons. The molecule has 154 valence electrons. The Morgan fingerprint density at radius 3 is 2.53 bits per heavy atom. The number of benzene rings is 2. The van der Waals surface area contributed by atoms with Crippen molar-refractivity contribution in [2.45, 2.75) is 26.2 Å². The molecule has 0 atom stereocenters. The van der Waals surface area contributed by atoms with Crippen LogP contribution in [0.3, 0.4) is 0 Å². The average molecular weight is 405 g/mol. The van der Waals surface area contributed by atoms with Crippen molar-refractivity contribution in [2.24, 2.45) is 0 Å². The number of nitrogens with zero attached hydrogens (tertiary/aromatic N) is 2. The second kappa shape index (κ2) is 8.69. The Hall–Kier alpha value is -3.81. The zero-order valence-electron chi connectivity index (χ0n) is 16.6. The zero-order valence-corrected chi connectivity index (χ0v) is 16.6. The average Bonchev–Trinajstić information content (AvgIpc) is 3.14. The fourth-order valence-corrected chi connectivity index (χ4v) is 3.01. The lowest BCUT2D eigenvalue weighted by molar-refractivity contribution is 0.309. The molecule has 0 aliphatic carbocycles. The molecule has 2 aromatic carbocycles. The Bertz CT molecular complexity index is 1180. The molecule has 8 heteroatoms. The lowest BCUT2D eigenvalue weighted by atomic mass is 10.1. The molecule has 2 heterocycles. The van der Waals surface area contributed by atoms with Crippen LogP contribution < -0.4 is 15.6 Å². The number of unbranched alkanes of at least 4 members (excludes halogenated alkanes) is 1. The third-order valence-corrected chi connectivity index (χ3v) is 4.60. The van der Waals surface area contributed by atoms with E-state index in [0.717, 1.165) is 29.8 Å². The van der Waals surface area contributed by atoms with E-state index in [-0.39, 0.29) is 11.3 Å². The molecule has 2 aromatic heterocycles. The molecule has 4 aromatic rings. The van der Waals surface area contributed by atoms with Gasteiger partial charge in [0.2, 0.25) is 5.95 Å². The predicted octanol–water partition coefficient (Wildman–Crippen LogP) is 3.87. The first-order chi connectivity index (χ1) is 14.6. The second-order valence-electron chi connectivity index (χ2n) is 6.99. The molecule has 0 fully saturated rings. The van der Waals surface area contributed by atoms with Gasteiger partial charge >= 0.3 is 0 Å². The van der Waals surface area contributed by atoms with Crippen LogP contribution in [0.5, 0.6) is 11.5 Å². The number of aromatic hydroxyl groups is 1. The summed E-state index contributed by atoms with van der Waals surface area (Å²) in [7, 11) is 0. The van der Waals surface area contributed by atoms with E-state index in [4.69, 9.17) is 4.74 Å². The summed E-state index contributed by atoms with van der Waals surface area (Å²) in [6.45, 7) is 2.82. The summed E-state index contributed by atoms with van der Waals surface area (Å²) in [6.07, 6.45) is 2.60. The van der Waals surface area contributed by atoms with E-state index in [2.05, 4.69) is 32.2 Å². The molecule has 0 saturated heterocycles. The Balaban J connectivity index is 1.49. The third-order valence-electron chi connectivity index (χ3n) is 4.60. The van der Waals surface area contributed by atoms with E-state index in [1.54, 1.807) is 12.1 Å². The maximum absolute atomic E-state index is 12.4. The van der Waals surface area contributed by atoms with Gasteiger partial charge in [-0.05, 0) is 48.4 Å². The second-order valence-corrected chi connectivity index (χ2v) is 6.99. The number of nitrogens with one attached hydrogen (secondary N) is 3. The smallest absolute Gasteiger partial charge is 0.278 e. The molecule has 30 heavy (non-hydrogen) atoms. The van der Waals surface area contributed by atoms with E-state index in [0.29, 0.717) is 36.0 Å². The van der Waals surface area contributed by atoms with Gasteiger partial charge in [0.25, 0.3) is 5.56 Å². The van der Waals surface area contributed by atoms with Crippen LogP contribution in [-0.4, -0.2) is 31.6 Å². The van der Waals surface area contributed by atoms with Crippen LogP contribution in [0.2, 0.25) is 0 Å². The Labute approximate surface area is 173 Å². The lowest BCUT2D eigenvalue weighted by Gasteiger charge is -2.08. The molecule has 0 aliphatic rings. The highest BCUT2D eigenvalue weighted by Crippen LogP contribution is 2.19. The SMILES string of the molecule is CCCCOc1ccc(Nc2nc3nc(Cc4ccc(O)cc4)[nH]c3c(=O)[nH]2)cc1. The van der Waals surface area contributed by atoms with Crippen molar-refractivity contribution in [1.29, 1.82) is 0 Å². The first kappa shape index (κ1) is 19.5. The number of phenolic OH excluding ortho intramolecular Hbond substituents is 1. The number of aromatic nitrogens is 4. The number of anilines is 2. The van der Waals surface area contributed by atoms with Crippen molar-refractivity contribution in [3.05, 3.63) is 70.3 Å². The van der Waals surface area contributed by atoms with Gasteiger partial charge in [-0.2, -0.15) is 4.98 Å². The number of imidazole rings is 1. The summed E-state index contributed by atoms with van der Waals surface area (Å²) in [4.78, 5) is 27.0. The van der Waals surface area contributed by atoms with Crippen molar-refractivity contribution in [3.8, 4) is 11.5 Å². The number of ether oxygens (including phenoxy) is 1. The van der Waals surface area contributed by atoms with E-state index in [1.807, 2.05) is 36.4 Å². The minimum absolute atomic E-state index is 0.206. The number of hydrogen-bond acceptors (Lipinski definition) is 6. The number of rotatable bonds is 8. The van der Waals surface area contributed by atoms with Gasteiger partial charge in [-0.15, -0.1) is 0 Å². The minimum Gasteiger partial charge on any atom is -0.508 e. The van der Waals surface area contributed by atoms with Gasteiger partial charge in [-0.1, -0.05) is 25.5 Å². The van der Waals surface area contributed by atoms with Gasteiger partial charge in [0, 0.05) is 12.1 Å². The van der Waals surface area contributed by atoms with Crippen LogP contribution in [0, 0.1) is 0 Å². The first-order valence-corrected chi connectivity index (χ1v) is 9.87. The van der Waals surface area contributed by atoms with Gasteiger partial charge < -0.3 is 20.1 Å². The van der Waals surface area contributed by atoms with Crippen LogP contribution in [0.25, 0.3) is 11.2 Å². The van der Waals surface area contributed by atoms with Gasteiger partial charge in [0.15, 0.2) is 11.2 Å². The van der Waals surface area contributed by atoms with Gasteiger partial charge in [-0.25, -0.2) is 4.98 Å². The highest BCUT2D eigenvalue weighted by atomic mass is 16.5. The fourth-order valence-electron chi connectivity index (χ4n) is 3.01. The summed E-state index contributed by atoms with van der Waals surface area (Å²) in [5, 5.41) is 12.5. The Morgan fingerprint density at radius 1 is 1.03 bits per heavy atom. The molecule has 0 amide bonds. The quantitative estimate of drug-likeness (QED) is 0.331. The van der Waals surface area contributed by atoms with E-state index in [9.17, 15) is 9.90 Å². The van der Waals surface area contributed by atoms with Gasteiger partial charge in [0.05, 0.1) is 6.61 Å². The molecule has 0 spiro atoms. The largest absolute Gasteiger partial charge is 0.508 e. The van der Waals surface area contributed by atoms with E-state index >= 15 is 0 Å². The van der Waals surface area contributed by atoms with Crippen molar-refractivity contribution in [3.63, 3.8) is 0 Å². The van der Waals surface area contributed by atoms with Crippen molar-refractivity contribution < 1.29 is 9.84 Å². The van der Waals surface area contributed by atoms with Crippen molar-refractivity contribution in [1.82, 2.24) is 19.9 Å². The number of H-pyrrole nitrogens is 2. The summed E-state index contributed by atoms with van der Waals surface area (Å²) < 4.78 is 5.66. The van der Waals surface area contributed by atoms with Crippen LogP contribution in [0.15, 0.2) is 53.3 Å². The molecule has 8 nitrogen and oxygen atoms in total. The van der Waals surface area contributed by atoms with Gasteiger partial charge in [-0.3, -0.25) is 9.78 Å². The predicted molar refractivity (Wildman–Crippen MR) is 116 cm³/mol. The molecule has 4 N–H and O–H groups in total. The van der Waals surface area contributed by atoms with Crippen molar-refractivity contribution in [2.75, 3.05) is 11.9 Å². The molecule has 0 unspecified atom stereocenters. The summed E-state index contributed by atoms with van der Waals surface area (Å²) in [5.41, 5.74) is 2.11. The van der Waals surface area contributed by atoms with Crippen LogP contribution in [-0.2, 0) is 6.42 Å². The standard InChI is InChI=1S/C22H23N5O3/c1-2-3-12-30-17-10-6-15(7-11-17)23-22-26-20-19(21(29)27-22)24-18(25-20)13-14-4-8-16(28)9-5-14/h4-11,28H,2-3,12-13H2,1H3,(H3,23,24,25,26,27,29). The highest BCUT2D eigenvalue weighted by Gasteiger charge is 2.11. The fraction of sp³-hybridized carbons (Fsp3) is 0.227. The summed E-state index contributed by atoms with van der Waals surface area (Å²) in [6, 6.07) is 14.3. The third kappa shape index (κ3) is 4.60. The Kier molecular flexibility index (Phi) is 5.65. The van der Waals surface area contributed by atoms with Gasteiger partial charge in [0.1, 0.15) is 17.3 Å². The molecular weight excluding hydrogens is 382 g/mol.